The van der Waals surface area contributed by atoms with Gasteiger partial charge in [0.2, 0.25) is 0 Å². The molecule has 0 aliphatic carbocycles. The molecule has 2 rings (SSSR count). The van der Waals surface area contributed by atoms with Crippen LogP contribution >= 0.6 is 0 Å². The molecule has 0 saturated carbocycles. The molecular weight excluding hydrogens is 813 g/mol. The SMILES string of the molecule is CCc1ccc([NH+](C)C)cc1.CN(C)c1ccccc1.O=S(=O)(C(CC(S(=O)(=O)C(F)(F)F)S(=O)(=O)C(F)(F)F)S(=O)(=O)C(F)(F)F)C(F)(F)F. The van der Waals surface area contributed by atoms with Crippen LogP contribution in [0.4, 0.5) is 64.1 Å². The van der Waals surface area contributed by atoms with Gasteiger partial charge in [0.25, 0.3) is 39.3 Å². The number of aryl methyl sites for hydroxylation is 1. The number of hydrogen-bond donors (Lipinski definition) is 1. The number of nitrogens with zero attached hydrogens (tertiary/aromatic N) is 1. The van der Waals surface area contributed by atoms with Crippen LogP contribution in [-0.4, -0.2) is 93.1 Å². The Morgan fingerprint density at radius 2 is 0.843 bits per heavy atom. The number of alkyl halides is 12. The Kier molecular flexibility index (Phi) is 15.9. The van der Waals surface area contributed by atoms with Crippen molar-refractivity contribution in [3.63, 3.8) is 0 Å². The zero-order valence-electron chi connectivity index (χ0n) is 26.6. The van der Waals surface area contributed by atoms with Crippen molar-refractivity contribution in [2.24, 2.45) is 0 Å². The Morgan fingerprint density at radius 1 is 0.549 bits per heavy atom. The molecule has 0 aliphatic rings. The molecule has 1 N–H and O–H groups in total. The van der Waals surface area contributed by atoms with E-state index in [9.17, 15) is 86.4 Å². The Balaban J connectivity index is 0.000000995. The molecule has 0 unspecified atom stereocenters. The molecule has 2 aromatic rings. The lowest BCUT2D eigenvalue weighted by Crippen LogP contribution is -3.00. The summed E-state index contributed by atoms with van der Waals surface area (Å²) in [4.78, 5) is 3.47. The van der Waals surface area contributed by atoms with E-state index < -0.39 is 77.0 Å². The van der Waals surface area contributed by atoms with Crippen LogP contribution in [0, 0.1) is 0 Å². The second-order valence-corrected chi connectivity index (χ2v) is 19.4. The summed E-state index contributed by atoms with van der Waals surface area (Å²) < 4.78 is 229. The summed E-state index contributed by atoms with van der Waals surface area (Å²) in [5.41, 5.74) is -24.5. The molecule has 0 aliphatic heterocycles. The van der Waals surface area contributed by atoms with Crippen LogP contribution in [0.3, 0.4) is 0 Å². The van der Waals surface area contributed by atoms with Crippen LogP contribution in [0.1, 0.15) is 18.9 Å². The topological polar surface area (TPSA) is 144 Å². The summed E-state index contributed by atoms with van der Waals surface area (Å²) in [6, 6.07) is 19.0. The number of benzene rings is 2. The van der Waals surface area contributed by atoms with Gasteiger partial charge in [0.15, 0.2) is 9.16 Å². The minimum absolute atomic E-state index is 1.13. The van der Waals surface area contributed by atoms with E-state index in [1.165, 1.54) is 21.8 Å². The van der Waals surface area contributed by atoms with Crippen LogP contribution in [0.15, 0.2) is 54.6 Å². The fourth-order valence-corrected chi connectivity index (χ4v) is 10.8. The van der Waals surface area contributed by atoms with Gasteiger partial charge in [-0.3, -0.25) is 0 Å². The first-order valence-electron chi connectivity index (χ1n) is 13.3. The van der Waals surface area contributed by atoms with Gasteiger partial charge in [0, 0.05) is 26.2 Å². The number of para-hydroxylation sites is 1. The number of hydrogen-bond acceptors (Lipinski definition) is 9. The third-order valence-electron chi connectivity index (χ3n) is 6.27. The summed E-state index contributed by atoms with van der Waals surface area (Å²) in [7, 11) is -23.5. The molecule has 2 aromatic carbocycles. The largest absolute Gasteiger partial charge is 0.498 e. The Hall–Kier alpha value is -2.84. The van der Waals surface area contributed by atoms with Gasteiger partial charge in [-0.05, 0) is 36.2 Å². The molecule has 0 spiro atoms. The van der Waals surface area contributed by atoms with Gasteiger partial charge in [-0.25, -0.2) is 33.7 Å². The van der Waals surface area contributed by atoms with E-state index in [0.717, 1.165) is 6.42 Å². The maximum atomic E-state index is 12.6. The fourth-order valence-electron chi connectivity index (χ4n) is 3.39. The van der Waals surface area contributed by atoms with Crippen molar-refractivity contribution >= 4 is 50.7 Å². The molecular formula is C25H31F12N2O8S4+. The van der Waals surface area contributed by atoms with Crippen LogP contribution in [0.2, 0.25) is 0 Å². The lowest BCUT2D eigenvalue weighted by molar-refractivity contribution is -0.786. The van der Waals surface area contributed by atoms with Crippen molar-refractivity contribution in [2.75, 3.05) is 33.1 Å². The van der Waals surface area contributed by atoms with Gasteiger partial charge in [-0.1, -0.05) is 37.3 Å². The van der Waals surface area contributed by atoms with Crippen LogP contribution in [0.5, 0.6) is 0 Å². The highest BCUT2D eigenvalue weighted by Crippen LogP contribution is 2.43. The smallest absolute Gasteiger partial charge is 0.378 e. The molecule has 0 atom stereocenters. The highest BCUT2D eigenvalue weighted by atomic mass is 32.3. The normalized spacial score (nSPS) is 13.7. The maximum Gasteiger partial charge on any atom is 0.498 e. The average molecular weight is 844 g/mol. The molecule has 51 heavy (non-hydrogen) atoms. The van der Waals surface area contributed by atoms with E-state index in [-0.39, 0.29) is 0 Å². The minimum Gasteiger partial charge on any atom is -0.378 e. The van der Waals surface area contributed by atoms with Crippen molar-refractivity contribution in [1.29, 1.82) is 0 Å². The van der Waals surface area contributed by atoms with Crippen molar-refractivity contribution < 1.29 is 91.3 Å². The Morgan fingerprint density at radius 3 is 1.04 bits per heavy atom. The van der Waals surface area contributed by atoms with E-state index in [0.29, 0.717) is 0 Å². The zero-order valence-corrected chi connectivity index (χ0v) is 29.9. The Labute approximate surface area is 285 Å². The van der Waals surface area contributed by atoms with E-state index in [1.54, 1.807) is 0 Å². The van der Waals surface area contributed by atoms with Crippen molar-refractivity contribution in [1.82, 2.24) is 0 Å². The standard InChI is InChI=1S/C10H15N.C8H11N.C7H4F12O8S4/c1-4-9-5-7-10(8-6-9)11(2)3;1-9(2)8-6-4-3-5-7-8;8-4(9,10)28(20,21)2(29(22,23)5(11,12)13)1-3(30(24,25)6(14,15)16)31(26,27)7(17,18)19/h5-8H,4H2,1-3H3;3-7H,1-2H3;2-3H,1H2/p+1. The summed E-state index contributed by atoms with van der Waals surface area (Å²) in [6.07, 6.45) is -2.84. The van der Waals surface area contributed by atoms with E-state index in [1.807, 2.05) is 32.3 Å². The predicted molar refractivity (Wildman–Crippen MR) is 161 cm³/mol. The first-order valence-corrected chi connectivity index (χ1v) is 19.5. The van der Waals surface area contributed by atoms with Crippen molar-refractivity contribution in [3.8, 4) is 0 Å². The van der Waals surface area contributed by atoms with Gasteiger partial charge in [0.1, 0.15) is 5.69 Å². The number of halogens is 12. The molecule has 10 nitrogen and oxygen atoms in total. The second kappa shape index (κ2) is 16.9. The van der Waals surface area contributed by atoms with Crippen molar-refractivity contribution in [3.05, 3.63) is 60.2 Å². The van der Waals surface area contributed by atoms with E-state index in [4.69, 9.17) is 0 Å². The molecule has 26 heteroatoms. The first-order chi connectivity index (χ1) is 22.5. The third-order valence-corrected chi connectivity index (χ3v) is 15.4. The monoisotopic (exact) mass is 843 g/mol. The summed E-state index contributed by atoms with van der Waals surface area (Å²) in [5.74, 6) is 0. The lowest BCUT2D eigenvalue weighted by Gasteiger charge is -2.26. The number of sulfone groups is 4. The molecule has 296 valence electrons. The van der Waals surface area contributed by atoms with Gasteiger partial charge in [-0.2, -0.15) is 52.7 Å². The van der Waals surface area contributed by atoms with Gasteiger partial charge >= 0.3 is 22.0 Å². The van der Waals surface area contributed by atoms with E-state index in [2.05, 4.69) is 62.3 Å². The fraction of sp³-hybridized carbons (Fsp3) is 0.520. The highest BCUT2D eigenvalue weighted by molar-refractivity contribution is 8.11. The number of quaternary nitrogens is 1. The molecule has 0 aromatic heterocycles. The van der Waals surface area contributed by atoms with Gasteiger partial charge in [-0.15, -0.1) is 0 Å². The predicted octanol–water partition coefficient (Wildman–Crippen LogP) is 4.54. The number of anilines is 1. The highest BCUT2D eigenvalue weighted by Gasteiger charge is 2.69. The summed E-state index contributed by atoms with van der Waals surface area (Å²) >= 11 is 0. The molecule has 0 saturated heterocycles. The van der Waals surface area contributed by atoms with Crippen molar-refractivity contribution in [2.45, 2.75) is 51.0 Å². The van der Waals surface area contributed by atoms with Gasteiger partial charge in [0.05, 0.1) is 14.1 Å². The summed E-state index contributed by atoms with van der Waals surface area (Å²) in [5, 5.41) is 0. The van der Waals surface area contributed by atoms with Crippen LogP contribution in [-0.2, 0) is 45.8 Å². The quantitative estimate of drug-likeness (QED) is 0.360. The lowest BCUT2D eigenvalue weighted by atomic mass is 10.1. The van der Waals surface area contributed by atoms with Crippen LogP contribution in [0.25, 0.3) is 0 Å². The molecule has 0 radical (unpaired) electrons. The molecule has 0 heterocycles. The minimum atomic E-state index is -7.96. The maximum absolute atomic E-state index is 12.6. The first kappa shape index (κ1) is 48.2. The Bertz CT molecular complexity index is 1680. The van der Waals surface area contributed by atoms with E-state index >= 15 is 0 Å². The molecule has 0 bridgehead atoms. The van der Waals surface area contributed by atoms with Crippen LogP contribution < -0.4 is 9.80 Å². The molecule has 0 amide bonds. The molecule has 0 fully saturated rings. The average Bonchev–Trinajstić information content (AvgIpc) is 2.95. The van der Waals surface area contributed by atoms with Gasteiger partial charge < -0.3 is 9.80 Å². The number of rotatable bonds is 9. The summed E-state index contributed by atoms with van der Waals surface area (Å²) in [6.45, 7) is 2.18. The number of nitrogens with one attached hydrogen (secondary N) is 1. The zero-order chi connectivity index (χ0) is 40.8. The third kappa shape index (κ3) is 12.1. The second-order valence-electron chi connectivity index (χ2n) is 10.3.